The zero-order valence-corrected chi connectivity index (χ0v) is 14.2. The number of carbonyl (C=O) groups is 3. The third-order valence-electron chi connectivity index (χ3n) is 5.07. The fourth-order valence-corrected chi connectivity index (χ4v) is 3.76. The molecular formula is C17H28N2O4. The summed E-state index contributed by atoms with van der Waals surface area (Å²) in [6.45, 7) is 4.76. The average Bonchev–Trinajstić information content (AvgIpc) is 2.88. The van der Waals surface area contributed by atoms with Gasteiger partial charge < -0.3 is 14.9 Å². The minimum atomic E-state index is -1.01. The Bertz CT molecular complexity index is 458. The minimum Gasteiger partial charge on any atom is -0.480 e. The Kier molecular flexibility index (Phi) is 6.02. The van der Waals surface area contributed by atoms with E-state index in [-0.39, 0.29) is 36.7 Å². The van der Waals surface area contributed by atoms with E-state index in [9.17, 15) is 14.4 Å². The van der Waals surface area contributed by atoms with Gasteiger partial charge in [-0.1, -0.05) is 13.8 Å². The van der Waals surface area contributed by atoms with Gasteiger partial charge >= 0.3 is 5.97 Å². The molecule has 1 heterocycles. The number of amides is 2. The van der Waals surface area contributed by atoms with Gasteiger partial charge in [-0.15, -0.1) is 0 Å². The van der Waals surface area contributed by atoms with Crippen molar-refractivity contribution in [2.24, 2.45) is 11.8 Å². The average molecular weight is 324 g/mol. The summed E-state index contributed by atoms with van der Waals surface area (Å²) in [4.78, 5) is 39.1. The number of rotatable bonds is 6. The lowest BCUT2D eigenvalue weighted by atomic mass is 9.86. The largest absolute Gasteiger partial charge is 0.480 e. The van der Waals surface area contributed by atoms with Crippen LogP contribution in [0.25, 0.3) is 0 Å². The maximum Gasteiger partial charge on any atom is 0.323 e. The van der Waals surface area contributed by atoms with Crippen molar-refractivity contribution in [2.45, 2.75) is 58.4 Å². The zero-order valence-electron chi connectivity index (χ0n) is 14.2. The Hall–Kier alpha value is -1.59. The van der Waals surface area contributed by atoms with Gasteiger partial charge in [-0.2, -0.15) is 0 Å². The molecule has 23 heavy (non-hydrogen) atoms. The number of carboxylic acid groups (broad SMARTS) is 1. The lowest BCUT2D eigenvalue weighted by molar-refractivity contribution is -0.146. The second-order valence-electron chi connectivity index (χ2n) is 7.01. The Balaban J connectivity index is 1.97. The molecular weight excluding hydrogens is 296 g/mol. The Morgan fingerprint density at radius 2 is 1.91 bits per heavy atom. The smallest absolute Gasteiger partial charge is 0.323 e. The summed E-state index contributed by atoms with van der Waals surface area (Å²) in [7, 11) is 0. The summed E-state index contributed by atoms with van der Waals surface area (Å²) in [6, 6.07) is 0.260. The van der Waals surface area contributed by atoms with Crippen molar-refractivity contribution in [1.82, 2.24) is 9.80 Å². The van der Waals surface area contributed by atoms with Gasteiger partial charge in [0.2, 0.25) is 11.8 Å². The molecule has 2 aliphatic rings. The number of likely N-dealkylation sites (tertiary alicyclic amines) is 1. The van der Waals surface area contributed by atoms with Gasteiger partial charge in [0, 0.05) is 25.6 Å². The summed E-state index contributed by atoms with van der Waals surface area (Å²) in [5.41, 5.74) is 0. The van der Waals surface area contributed by atoms with Crippen LogP contribution in [0, 0.1) is 11.8 Å². The SMILES string of the molecule is CCCN(CC(=O)O)C(=O)C1CC(=O)N(C2CCC(C)CC2)C1. The van der Waals surface area contributed by atoms with Gasteiger partial charge in [0.05, 0.1) is 5.92 Å². The lowest BCUT2D eigenvalue weighted by Crippen LogP contribution is -2.42. The van der Waals surface area contributed by atoms with Crippen LogP contribution in [-0.2, 0) is 14.4 Å². The minimum absolute atomic E-state index is 0.0506. The number of aliphatic carboxylic acids is 1. The highest BCUT2D eigenvalue weighted by molar-refractivity contribution is 5.90. The molecule has 0 spiro atoms. The first kappa shape index (κ1) is 17.8. The molecule has 130 valence electrons. The van der Waals surface area contributed by atoms with E-state index in [0.29, 0.717) is 19.5 Å². The second-order valence-corrected chi connectivity index (χ2v) is 7.01. The maximum absolute atomic E-state index is 12.6. The first-order valence-electron chi connectivity index (χ1n) is 8.72. The van der Waals surface area contributed by atoms with Crippen LogP contribution >= 0.6 is 0 Å². The molecule has 1 unspecified atom stereocenters. The predicted octanol–water partition coefficient (Wildman–Crippen LogP) is 1.74. The molecule has 0 aromatic heterocycles. The highest BCUT2D eigenvalue weighted by atomic mass is 16.4. The van der Waals surface area contributed by atoms with Crippen molar-refractivity contribution in [3.05, 3.63) is 0 Å². The van der Waals surface area contributed by atoms with E-state index in [2.05, 4.69) is 6.92 Å². The summed E-state index contributed by atoms with van der Waals surface area (Å²) in [6.07, 6.45) is 5.24. The van der Waals surface area contributed by atoms with Crippen LogP contribution in [0.15, 0.2) is 0 Å². The van der Waals surface area contributed by atoms with Crippen LogP contribution in [0.3, 0.4) is 0 Å². The van der Waals surface area contributed by atoms with Gasteiger partial charge in [-0.25, -0.2) is 0 Å². The van der Waals surface area contributed by atoms with Crippen LogP contribution in [0.5, 0.6) is 0 Å². The van der Waals surface area contributed by atoms with Crippen molar-refractivity contribution in [1.29, 1.82) is 0 Å². The highest BCUT2D eigenvalue weighted by Gasteiger charge is 2.40. The Labute approximate surface area is 137 Å². The van der Waals surface area contributed by atoms with Crippen LogP contribution in [0.4, 0.5) is 0 Å². The molecule has 6 nitrogen and oxygen atoms in total. The molecule has 0 aromatic rings. The standard InChI is InChI=1S/C17H28N2O4/c1-3-8-18(11-16(21)22)17(23)13-9-15(20)19(10-13)14-6-4-12(2)5-7-14/h12-14H,3-11H2,1-2H3,(H,21,22). The topological polar surface area (TPSA) is 77.9 Å². The Morgan fingerprint density at radius 3 is 2.48 bits per heavy atom. The van der Waals surface area contributed by atoms with Crippen LogP contribution in [0.1, 0.15) is 52.4 Å². The quantitative estimate of drug-likeness (QED) is 0.807. The van der Waals surface area contributed by atoms with Crippen LogP contribution < -0.4 is 0 Å². The molecule has 2 rings (SSSR count). The molecule has 1 atom stereocenters. The van der Waals surface area contributed by atoms with Crippen molar-refractivity contribution in [3.8, 4) is 0 Å². The first-order chi connectivity index (χ1) is 10.9. The normalized spacial score (nSPS) is 28.0. The van der Waals surface area contributed by atoms with Gasteiger partial charge in [0.1, 0.15) is 6.54 Å². The van der Waals surface area contributed by atoms with Gasteiger partial charge in [0.15, 0.2) is 0 Å². The van der Waals surface area contributed by atoms with Crippen molar-refractivity contribution >= 4 is 17.8 Å². The van der Waals surface area contributed by atoms with Crippen molar-refractivity contribution in [2.75, 3.05) is 19.6 Å². The predicted molar refractivity (Wildman–Crippen MR) is 85.7 cm³/mol. The van der Waals surface area contributed by atoms with Crippen molar-refractivity contribution in [3.63, 3.8) is 0 Å². The van der Waals surface area contributed by atoms with Crippen LogP contribution in [0.2, 0.25) is 0 Å². The molecule has 2 fully saturated rings. The molecule has 1 N–H and O–H groups in total. The number of nitrogens with zero attached hydrogens (tertiary/aromatic N) is 2. The highest BCUT2D eigenvalue weighted by Crippen LogP contribution is 2.31. The summed E-state index contributed by atoms with van der Waals surface area (Å²) in [5.74, 6) is -0.803. The third-order valence-corrected chi connectivity index (χ3v) is 5.07. The first-order valence-corrected chi connectivity index (χ1v) is 8.72. The summed E-state index contributed by atoms with van der Waals surface area (Å²) in [5, 5.41) is 8.96. The fourth-order valence-electron chi connectivity index (χ4n) is 3.76. The Morgan fingerprint density at radius 1 is 1.26 bits per heavy atom. The van der Waals surface area contributed by atoms with Crippen LogP contribution in [-0.4, -0.2) is 58.4 Å². The molecule has 1 saturated heterocycles. The zero-order chi connectivity index (χ0) is 17.0. The van der Waals surface area contributed by atoms with E-state index in [1.54, 1.807) is 0 Å². The number of hydrogen-bond donors (Lipinski definition) is 1. The molecule has 1 aliphatic carbocycles. The molecule has 1 saturated carbocycles. The van der Waals surface area contributed by atoms with E-state index >= 15 is 0 Å². The van der Waals surface area contributed by atoms with Gasteiger partial charge in [-0.3, -0.25) is 14.4 Å². The van der Waals surface area contributed by atoms with Gasteiger partial charge in [0.25, 0.3) is 0 Å². The number of carbonyl (C=O) groups excluding carboxylic acids is 2. The summed E-state index contributed by atoms with van der Waals surface area (Å²) < 4.78 is 0. The third kappa shape index (κ3) is 4.45. The maximum atomic E-state index is 12.6. The molecule has 1 aliphatic heterocycles. The lowest BCUT2D eigenvalue weighted by Gasteiger charge is -2.33. The van der Waals surface area contributed by atoms with Crippen molar-refractivity contribution < 1.29 is 19.5 Å². The molecule has 2 amide bonds. The number of carboxylic acids is 1. The second kappa shape index (κ2) is 7.79. The van der Waals surface area contributed by atoms with E-state index < -0.39 is 5.97 Å². The molecule has 0 aromatic carbocycles. The summed E-state index contributed by atoms with van der Waals surface area (Å²) >= 11 is 0. The molecule has 0 radical (unpaired) electrons. The van der Waals surface area contributed by atoms with E-state index in [1.807, 2.05) is 11.8 Å². The van der Waals surface area contributed by atoms with E-state index in [1.165, 1.54) is 4.90 Å². The van der Waals surface area contributed by atoms with E-state index in [0.717, 1.165) is 31.6 Å². The fraction of sp³-hybridized carbons (Fsp3) is 0.824. The number of hydrogen-bond acceptors (Lipinski definition) is 3. The van der Waals surface area contributed by atoms with Gasteiger partial charge in [-0.05, 0) is 38.0 Å². The molecule has 0 bridgehead atoms. The monoisotopic (exact) mass is 324 g/mol. The molecule has 6 heteroatoms. The van der Waals surface area contributed by atoms with E-state index in [4.69, 9.17) is 5.11 Å².